The highest BCUT2D eigenvalue weighted by Gasteiger charge is 2.29. The average molecular weight is 388 g/mol. The van der Waals surface area contributed by atoms with Crippen molar-refractivity contribution in [2.75, 3.05) is 31.1 Å². The summed E-state index contributed by atoms with van der Waals surface area (Å²) in [5.41, 5.74) is 2.34. The summed E-state index contributed by atoms with van der Waals surface area (Å²) < 4.78 is 28.3. The fourth-order valence-corrected chi connectivity index (χ4v) is 5.78. The molecule has 0 aliphatic carbocycles. The molecule has 0 unspecified atom stereocenters. The number of aromatic nitrogens is 1. The highest BCUT2D eigenvalue weighted by Crippen LogP contribution is 2.32. The van der Waals surface area contributed by atoms with E-state index in [2.05, 4.69) is 30.0 Å². The lowest BCUT2D eigenvalue weighted by Gasteiger charge is -2.33. The molecule has 136 valence electrons. The number of hydrogen-bond donors (Lipinski definition) is 0. The summed E-state index contributed by atoms with van der Waals surface area (Å²) in [6.07, 6.45) is 0.962. The molecular formula is C19H21N3O2S2. The smallest absolute Gasteiger partial charge is 0.243 e. The Morgan fingerprint density at radius 1 is 1.00 bits per heavy atom. The van der Waals surface area contributed by atoms with Gasteiger partial charge in [-0.2, -0.15) is 4.31 Å². The Balaban J connectivity index is 1.52. The molecule has 0 N–H and O–H groups in total. The SMILES string of the molecule is CCc1cccc2sc(N3CCN(S(=O)(=O)c4ccccc4)CC3)nc12. The minimum atomic E-state index is -3.41. The van der Waals surface area contributed by atoms with Gasteiger partial charge in [0, 0.05) is 26.2 Å². The van der Waals surface area contributed by atoms with Crippen molar-refractivity contribution in [3.8, 4) is 0 Å². The molecule has 0 amide bonds. The molecule has 1 saturated heterocycles. The number of rotatable bonds is 4. The second-order valence-electron chi connectivity index (χ2n) is 6.32. The van der Waals surface area contributed by atoms with Gasteiger partial charge in [0.25, 0.3) is 0 Å². The molecule has 26 heavy (non-hydrogen) atoms. The zero-order valence-electron chi connectivity index (χ0n) is 14.6. The van der Waals surface area contributed by atoms with Gasteiger partial charge < -0.3 is 4.90 Å². The van der Waals surface area contributed by atoms with E-state index in [1.807, 2.05) is 6.07 Å². The van der Waals surface area contributed by atoms with E-state index in [4.69, 9.17) is 4.98 Å². The highest BCUT2D eigenvalue weighted by atomic mass is 32.2. The van der Waals surface area contributed by atoms with Gasteiger partial charge in [-0.25, -0.2) is 13.4 Å². The van der Waals surface area contributed by atoms with Gasteiger partial charge in [-0.15, -0.1) is 0 Å². The summed E-state index contributed by atoms with van der Waals surface area (Å²) in [6.45, 7) is 4.42. The summed E-state index contributed by atoms with van der Waals surface area (Å²) in [5.74, 6) is 0. The quantitative estimate of drug-likeness (QED) is 0.689. The molecule has 1 aliphatic rings. The van der Waals surface area contributed by atoms with Crippen LogP contribution in [0, 0.1) is 0 Å². The first-order chi connectivity index (χ1) is 12.6. The maximum Gasteiger partial charge on any atom is 0.243 e. The fraction of sp³-hybridized carbons (Fsp3) is 0.316. The first kappa shape index (κ1) is 17.5. The van der Waals surface area contributed by atoms with Crippen LogP contribution >= 0.6 is 11.3 Å². The third-order valence-corrected chi connectivity index (χ3v) is 7.76. The lowest BCUT2D eigenvalue weighted by Crippen LogP contribution is -2.48. The molecule has 0 atom stereocenters. The highest BCUT2D eigenvalue weighted by molar-refractivity contribution is 7.89. The molecule has 0 radical (unpaired) electrons. The number of thiazole rings is 1. The first-order valence-corrected chi connectivity index (χ1v) is 11.0. The van der Waals surface area contributed by atoms with Crippen LogP contribution in [0.3, 0.4) is 0 Å². The normalized spacial score (nSPS) is 16.3. The Labute approximate surface area is 157 Å². The van der Waals surface area contributed by atoms with Crippen molar-refractivity contribution < 1.29 is 8.42 Å². The van der Waals surface area contributed by atoms with Crippen LogP contribution in [0.4, 0.5) is 5.13 Å². The minimum absolute atomic E-state index is 0.362. The van der Waals surface area contributed by atoms with Crippen molar-refractivity contribution in [1.29, 1.82) is 0 Å². The molecule has 5 nitrogen and oxygen atoms in total. The van der Waals surface area contributed by atoms with E-state index >= 15 is 0 Å². The van der Waals surface area contributed by atoms with E-state index < -0.39 is 10.0 Å². The maximum atomic E-state index is 12.7. The van der Waals surface area contributed by atoms with Gasteiger partial charge in [-0.05, 0) is 30.2 Å². The molecule has 3 aromatic rings. The Hall–Kier alpha value is -1.96. The second kappa shape index (κ2) is 6.98. The molecule has 2 heterocycles. The number of nitrogens with zero attached hydrogens (tertiary/aromatic N) is 3. The van der Waals surface area contributed by atoms with Gasteiger partial charge >= 0.3 is 0 Å². The van der Waals surface area contributed by atoms with Gasteiger partial charge in [0.2, 0.25) is 10.0 Å². The summed E-state index contributed by atoms with van der Waals surface area (Å²) >= 11 is 1.69. The number of fused-ring (bicyclic) bond motifs is 1. The molecule has 2 aromatic carbocycles. The Bertz CT molecular complexity index is 1010. The van der Waals surface area contributed by atoms with Gasteiger partial charge in [0.1, 0.15) is 0 Å². The summed E-state index contributed by atoms with van der Waals surface area (Å²) in [6, 6.07) is 15.0. The monoisotopic (exact) mass is 387 g/mol. The van der Waals surface area contributed by atoms with Crippen molar-refractivity contribution in [2.24, 2.45) is 0 Å². The maximum absolute atomic E-state index is 12.7. The number of benzene rings is 2. The number of sulfonamides is 1. The van der Waals surface area contributed by atoms with Crippen LogP contribution < -0.4 is 4.90 Å². The zero-order chi connectivity index (χ0) is 18.1. The van der Waals surface area contributed by atoms with Crippen molar-refractivity contribution in [2.45, 2.75) is 18.2 Å². The molecule has 1 aliphatic heterocycles. The van der Waals surface area contributed by atoms with Gasteiger partial charge in [-0.3, -0.25) is 0 Å². The van der Waals surface area contributed by atoms with Crippen LogP contribution in [-0.2, 0) is 16.4 Å². The van der Waals surface area contributed by atoms with Crippen molar-refractivity contribution >= 4 is 36.7 Å². The topological polar surface area (TPSA) is 53.5 Å². The van der Waals surface area contributed by atoms with E-state index in [0.29, 0.717) is 31.1 Å². The number of anilines is 1. The molecule has 7 heteroatoms. The summed E-state index contributed by atoms with van der Waals surface area (Å²) in [5, 5.41) is 0.984. The molecule has 0 bridgehead atoms. The molecule has 1 fully saturated rings. The van der Waals surface area contributed by atoms with Crippen LogP contribution in [0.2, 0.25) is 0 Å². The Kier molecular flexibility index (Phi) is 4.69. The standard InChI is InChI=1S/C19H21N3O2S2/c1-2-15-7-6-10-17-18(15)20-19(25-17)21-11-13-22(14-12-21)26(23,24)16-8-4-3-5-9-16/h3-10H,2,11-14H2,1H3. The van der Waals surface area contributed by atoms with E-state index in [-0.39, 0.29) is 0 Å². The summed E-state index contributed by atoms with van der Waals surface area (Å²) in [7, 11) is -3.41. The average Bonchev–Trinajstić information content (AvgIpc) is 3.13. The van der Waals surface area contributed by atoms with E-state index in [1.54, 1.807) is 39.9 Å². The Morgan fingerprint density at radius 3 is 2.42 bits per heavy atom. The number of para-hydroxylation sites is 1. The second-order valence-corrected chi connectivity index (χ2v) is 9.27. The third-order valence-electron chi connectivity index (χ3n) is 4.76. The van der Waals surface area contributed by atoms with Gasteiger partial charge in [0.15, 0.2) is 5.13 Å². The molecule has 1 aromatic heterocycles. The molecular weight excluding hydrogens is 366 g/mol. The van der Waals surface area contributed by atoms with Gasteiger partial charge in [0.05, 0.1) is 15.1 Å². The van der Waals surface area contributed by atoms with E-state index in [1.165, 1.54) is 10.3 Å². The van der Waals surface area contributed by atoms with Gasteiger partial charge in [-0.1, -0.05) is 48.6 Å². The van der Waals surface area contributed by atoms with Crippen molar-refractivity contribution in [3.05, 3.63) is 54.1 Å². The third kappa shape index (κ3) is 3.11. The number of aryl methyl sites for hydroxylation is 1. The largest absolute Gasteiger partial charge is 0.345 e. The lowest BCUT2D eigenvalue weighted by atomic mass is 10.1. The first-order valence-electron chi connectivity index (χ1n) is 8.78. The van der Waals surface area contributed by atoms with E-state index in [0.717, 1.165) is 17.1 Å². The predicted octanol–water partition coefficient (Wildman–Crippen LogP) is 3.37. The number of piperazine rings is 1. The Morgan fingerprint density at radius 2 is 1.73 bits per heavy atom. The molecule has 0 saturated carbocycles. The zero-order valence-corrected chi connectivity index (χ0v) is 16.3. The van der Waals surface area contributed by atoms with Crippen molar-refractivity contribution in [1.82, 2.24) is 9.29 Å². The lowest BCUT2D eigenvalue weighted by molar-refractivity contribution is 0.385. The van der Waals surface area contributed by atoms with Crippen LogP contribution in [0.15, 0.2) is 53.4 Å². The number of hydrogen-bond acceptors (Lipinski definition) is 5. The van der Waals surface area contributed by atoms with Crippen LogP contribution in [0.5, 0.6) is 0 Å². The van der Waals surface area contributed by atoms with Crippen molar-refractivity contribution in [3.63, 3.8) is 0 Å². The minimum Gasteiger partial charge on any atom is -0.345 e. The summed E-state index contributed by atoms with van der Waals surface area (Å²) in [4.78, 5) is 7.39. The molecule has 0 spiro atoms. The van der Waals surface area contributed by atoms with Crippen LogP contribution in [-0.4, -0.2) is 43.9 Å². The fourth-order valence-electron chi connectivity index (χ4n) is 3.28. The van der Waals surface area contributed by atoms with E-state index in [9.17, 15) is 8.42 Å². The van der Waals surface area contributed by atoms with Crippen LogP contribution in [0.1, 0.15) is 12.5 Å². The molecule has 4 rings (SSSR count). The van der Waals surface area contributed by atoms with Crippen LogP contribution in [0.25, 0.3) is 10.2 Å². The predicted molar refractivity (Wildman–Crippen MR) is 106 cm³/mol.